The maximum atomic E-state index is 12.3. The Bertz CT molecular complexity index is 868. The summed E-state index contributed by atoms with van der Waals surface area (Å²) >= 11 is 0. The van der Waals surface area contributed by atoms with E-state index in [1.807, 2.05) is 42.5 Å². The summed E-state index contributed by atoms with van der Waals surface area (Å²) in [6.07, 6.45) is 2.14. The van der Waals surface area contributed by atoms with E-state index in [0.29, 0.717) is 18.9 Å². The SMILES string of the molecule is CC(C)c1ccccc1NCCC(=O)Nc1cccc2cccnc12. The van der Waals surface area contributed by atoms with Gasteiger partial charge in [0, 0.05) is 30.2 Å². The molecule has 0 fully saturated rings. The summed E-state index contributed by atoms with van der Waals surface area (Å²) in [4.78, 5) is 16.6. The van der Waals surface area contributed by atoms with Crippen molar-refractivity contribution in [1.82, 2.24) is 4.98 Å². The summed E-state index contributed by atoms with van der Waals surface area (Å²) in [6.45, 7) is 4.93. The fraction of sp³-hybridized carbons (Fsp3) is 0.238. The molecule has 0 unspecified atom stereocenters. The summed E-state index contributed by atoms with van der Waals surface area (Å²) in [7, 11) is 0. The van der Waals surface area contributed by atoms with E-state index in [1.54, 1.807) is 6.20 Å². The summed E-state index contributed by atoms with van der Waals surface area (Å²) in [5.74, 6) is 0.423. The third kappa shape index (κ3) is 4.15. The van der Waals surface area contributed by atoms with Crippen LogP contribution < -0.4 is 10.6 Å². The van der Waals surface area contributed by atoms with Gasteiger partial charge in [0.2, 0.25) is 5.91 Å². The summed E-state index contributed by atoms with van der Waals surface area (Å²) < 4.78 is 0. The van der Waals surface area contributed by atoms with Gasteiger partial charge in [0.15, 0.2) is 0 Å². The van der Waals surface area contributed by atoms with Crippen molar-refractivity contribution in [3.8, 4) is 0 Å². The Morgan fingerprint density at radius 3 is 2.60 bits per heavy atom. The molecule has 3 rings (SSSR count). The quantitative estimate of drug-likeness (QED) is 0.681. The number of nitrogens with one attached hydrogen (secondary N) is 2. The second kappa shape index (κ2) is 7.79. The number of hydrogen-bond donors (Lipinski definition) is 2. The van der Waals surface area contributed by atoms with E-state index in [9.17, 15) is 4.79 Å². The van der Waals surface area contributed by atoms with Crippen molar-refractivity contribution in [3.05, 3.63) is 66.4 Å². The van der Waals surface area contributed by atoms with Gasteiger partial charge < -0.3 is 10.6 Å². The van der Waals surface area contributed by atoms with Gasteiger partial charge in [0.05, 0.1) is 11.2 Å². The zero-order valence-corrected chi connectivity index (χ0v) is 14.6. The van der Waals surface area contributed by atoms with Crippen LogP contribution in [-0.4, -0.2) is 17.4 Å². The molecule has 4 heteroatoms. The first kappa shape index (κ1) is 17.0. The summed E-state index contributed by atoms with van der Waals surface area (Å²) in [5, 5.41) is 7.36. The minimum Gasteiger partial charge on any atom is -0.384 e. The molecule has 4 nitrogen and oxygen atoms in total. The Kier molecular flexibility index (Phi) is 5.29. The maximum Gasteiger partial charge on any atom is 0.226 e. The molecule has 0 spiro atoms. The highest BCUT2D eigenvalue weighted by molar-refractivity contribution is 6.00. The lowest BCUT2D eigenvalue weighted by Gasteiger charge is -2.14. The van der Waals surface area contributed by atoms with E-state index in [2.05, 4.69) is 41.6 Å². The number of carbonyl (C=O) groups is 1. The third-order valence-electron chi connectivity index (χ3n) is 4.16. The molecule has 2 aromatic carbocycles. The van der Waals surface area contributed by atoms with Crippen molar-refractivity contribution in [2.24, 2.45) is 0 Å². The molecule has 0 aliphatic heterocycles. The Morgan fingerprint density at radius 1 is 1.00 bits per heavy atom. The molecule has 3 aromatic rings. The van der Waals surface area contributed by atoms with Gasteiger partial charge in [-0.15, -0.1) is 0 Å². The van der Waals surface area contributed by atoms with Crippen LogP contribution in [0.4, 0.5) is 11.4 Å². The van der Waals surface area contributed by atoms with Gasteiger partial charge >= 0.3 is 0 Å². The fourth-order valence-corrected chi connectivity index (χ4v) is 2.89. The van der Waals surface area contributed by atoms with Crippen LogP contribution in [0.3, 0.4) is 0 Å². The largest absolute Gasteiger partial charge is 0.384 e. The average molecular weight is 333 g/mol. The molecule has 25 heavy (non-hydrogen) atoms. The Labute approximate surface area is 148 Å². The van der Waals surface area contributed by atoms with Crippen LogP contribution in [-0.2, 0) is 4.79 Å². The van der Waals surface area contributed by atoms with Crippen LogP contribution in [0.1, 0.15) is 31.7 Å². The lowest BCUT2D eigenvalue weighted by Crippen LogP contribution is -2.17. The minimum absolute atomic E-state index is 0.0207. The highest BCUT2D eigenvalue weighted by atomic mass is 16.1. The van der Waals surface area contributed by atoms with Gasteiger partial charge in [-0.1, -0.05) is 50.2 Å². The monoisotopic (exact) mass is 333 g/mol. The molecule has 0 aliphatic carbocycles. The average Bonchev–Trinajstić information content (AvgIpc) is 2.62. The van der Waals surface area contributed by atoms with Crippen molar-refractivity contribution in [3.63, 3.8) is 0 Å². The number of anilines is 2. The number of para-hydroxylation sites is 2. The van der Waals surface area contributed by atoms with E-state index in [1.165, 1.54) is 5.56 Å². The number of fused-ring (bicyclic) bond motifs is 1. The van der Waals surface area contributed by atoms with Gasteiger partial charge in [0.25, 0.3) is 0 Å². The number of rotatable bonds is 6. The van der Waals surface area contributed by atoms with Gasteiger partial charge in [0.1, 0.15) is 0 Å². The summed E-state index contributed by atoms with van der Waals surface area (Å²) in [6, 6.07) is 17.9. The molecule has 2 N–H and O–H groups in total. The van der Waals surface area contributed by atoms with Crippen molar-refractivity contribution >= 4 is 28.2 Å². The van der Waals surface area contributed by atoms with Crippen LogP contribution in [0, 0.1) is 0 Å². The molecule has 0 aliphatic rings. The van der Waals surface area contributed by atoms with Crippen molar-refractivity contribution < 1.29 is 4.79 Å². The number of hydrogen-bond acceptors (Lipinski definition) is 3. The van der Waals surface area contributed by atoms with E-state index in [0.717, 1.165) is 22.3 Å². The second-order valence-corrected chi connectivity index (χ2v) is 6.35. The first-order valence-corrected chi connectivity index (χ1v) is 8.61. The van der Waals surface area contributed by atoms with E-state index >= 15 is 0 Å². The minimum atomic E-state index is -0.0207. The lowest BCUT2D eigenvalue weighted by molar-refractivity contribution is -0.115. The first-order chi connectivity index (χ1) is 12.1. The van der Waals surface area contributed by atoms with E-state index < -0.39 is 0 Å². The first-order valence-electron chi connectivity index (χ1n) is 8.61. The molecule has 1 amide bonds. The van der Waals surface area contributed by atoms with Gasteiger partial charge in [-0.05, 0) is 29.7 Å². The molecular weight excluding hydrogens is 310 g/mol. The molecule has 0 radical (unpaired) electrons. The molecule has 0 saturated carbocycles. The molecule has 1 aromatic heterocycles. The molecular formula is C21H23N3O. The predicted octanol–water partition coefficient (Wildman–Crippen LogP) is 4.80. The topological polar surface area (TPSA) is 54.0 Å². The standard InChI is InChI=1S/C21H23N3O/c1-15(2)17-9-3-4-10-18(17)22-14-12-20(25)24-19-11-5-7-16-8-6-13-23-21(16)19/h3-11,13,15,22H,12,14H2,1-2H3,(H,24,25). The highest BCUT2D eigenvalue weighted by Crippen LogP contribution is 2.24. The van der Waals surface area contributed by atoms with Crippen LogP contribution >= 0.6 is 0 Å². The molecule has 1 heterocycles. The van der Waals surface area contributed by atoms with E-state index in [4.69, 9.17) is 0 Å². The number of pyridine rings is 1. The Hall–Kier alpha value is -2.88. The Morgan fingerprint density at radius 2 is 1.76 bits per heavy atom. The van der Waals surface area contributed by atoms with Gasteiger partial charge in [-0.2, -0.15) is 0 Å². The number of carbonyl (C=O) groups excluding carboxylic acids is 1. The second-order valence-electron chi connectivity index (χ2n) is 6.35. The number of aromatic nitrogens is 1. The van der Waals surface area contributed by atoms with Crippen molar-refractivity contribution in [2.75, 3.05) is 17.2 Å². The number of nitrogens with zero attached hydrogens (tertiary/aromatic N) is 1. The third-order valence-corrected chi connectivity index (χ3v) is 4.16. The normalized spacial score (nSPS) is 10.8. The predicted molar refractivity (Wildman–Crippen MR) is 104 cm³/mol. The fourth-order valence-electron chi connectivity index (χ4n) is 2.89. The van der Waals surface area contributed by atoms with E-state index in [-0.39, 0.29) is 5.91 Å². The van der Waals surface area contributed by atoms with Crippen molar-refractivity contribution in [2.45, 2.75) is 26.2 Å². The molecule has 0 atom stereocenters. The van der Waals surface area contributed by atoms with Gasteiger partial charge in [-0.25, -0.2) is 0 Å². The van der Waals surface area contributed by atoms with Crippen LogP contribution in [0.25, 0.3) is 10.9 Å². The highest BCUT2D eigenvalue weighted by Gasteiger charge is 2.08. The van der Waals surface area contributed by atoms with Crippen LogP contribution in [0.15, 0.2) is 60.8 Å². The summed E-state index contributed by atoms with van der Waals surface area (Å²) in [5.41, 5.74) is 3.93. The lowest BCUT2D eigenvalue weighted by atomic mass is 10.0. The molecule has 128 valence electrons. The van der Waals surface area contributed by atoms with Crippen LogP contribution in [0.2, 0.25) is 0 Å². The maximum absolute atomic E-state index is 12.3. The van der Waals surface area contributed by atoms with Gasteiger partial charge in [-0.3, -0.25) is 9.78 Å². The van der Waals surface area contributed by atoms with Crippen LogP contribution in [0.5, 0.6) is 0 Å². The molecule has 0 bridgehead atoms. The molecule has 0 saturated heterocycles. The Balaban J connectivity index is 1.60. The number of amides is 1. The smallest absolute Gasteiger partial charge is 0.226 e. The zero-order valence-electron chi connectivity index (χ0n) is 14.6. The number of benzene rings is 2. The van der Waals surface area contributed by atoms with Crippen molar-refractivity contribution in [1.29, 1.82) is 0 Å². The zero-order chi connectivity index (χ0) is 17.6.